The van der Waals surface area contributed by atoms with Crippen molar-refractivity contribution in [2.75, 3.05) is 0 Å². The minimum absolute atomic E-state index is 0.782. The maximum atomic E-state index is 5.92. The lowest BCUT2D eigenvalue weighted by Gasteiger charge is -2.10. The topological polar surface area (TPSA) is 17.8 Å². The van der Waals surface area contributed by atoms with E-state index in [1.54, 1.807) is 0 Å². The summed E-state index contributed by atoms with van der Waals surface area (Å²) in [4.78, 5) is 5.40. The van der Waals surface area contributed by atoms with Crippen molar-refractivity contribution in [1.29, 1.82) is 0 Å². The minimum atomic E-state index is 0.782. The standard InChI is InChI=1S/C17H15ClN2S/c18-16-7-5-14(6-8-16)12-21-17-4-2-1-3-15(17)11-20-10-9-19-13-20/h1-10,13H,11-12H2. The van der Waals surface area contributed by atoms with Crippen molar-refractivity contribution in [3.63, 3.8) is 0 Å². The molecule has 0 amide bonds. The van der Waals surface area contributed by atoms with E-state index in [-0.39, 0.29) is 0 Å². The van der Waals surface area contributed by atoms with Gasteiger partial charge in [0.2, 0.25) is 0 Å². The Morgan fingerprint density at radius 2 is 1.86 bits per heavy atom. The average Bonchev–Trinajstić information content (AvgIpc) is 3.01. The number of imidazole rings is 1. The van der Waals surface area contributed by atoms with Crippen LogP contribution in [-0.2, 0) is 12.3 Å². The van der Waals surface area contributed by atoms with Crippen LogP contribution in [0.5, 0.6) is 0 Å². The molecule has 0 spiro atoms. The fraction of sp³-hybridized carbons (Fsp3) is 0.118. The number of hydrogen-bond acceptors (Lipinski definition) is 2. The summed E-state index contributed by atoms with van der Waals surface area (Å²) in [6, 6.07) is 16.5. The Balaban J connectivity index is 1.71. The highest BCUT2D eigenvalue weighted by atomic mass is 35.5. The molecule has 0 N–H and O–H groups in total. The Morgan fingerprint density at radius 1 is 1.05 bits per heavy atom. The first-order valence-corrected chi connectivity index (χ1v) is 8.08. The van der Waals surface area contributed by atoms with Crippen LogP contribution in [0.4, 0.5) is 0 Å². The molecule has 3 aromatic rings. The summed E-state index contributed by atoms with van der Waals surface area (Å²) in [6.07, 6.45) is 5.64. The molecular weight excluding hydrogens is 300 g/mol. The minimum Gasteiger partial charge on any atom is -0.333 e. The fourth-order valence-corrected chi connectivity index (χ4v) is 3.23. The van der Waals surface area contributed by atoms with Gasteiger partial charge in [0.15, 0.2) is 0 Å². The number of rotatable bonds is 5. The molecule has 0 aliphatic carbocycles. The fourth-order valence-electron chi connectivity index (χ4n) is 2.09. The summed E-state index contributed by atoms with van der Waals surface area (Å²) in [6.45, 7) is 0.851. The van der Waals surface area contributed by atoms with Crippen LogP contribution in [0.15, 0.2) is 72.1 Å². The number of aromatic nitrogens is 2. The van der Waals surface area contributed by atoms with E-state index in [4.69, 9.17) is 11.6 Å². The zero-order valence-corrected chi connectivity index (χ0v) is 13.0. The van der Waals surface area contributed by atoms with Gasteiger partial charge in [-0.25, -0.2) is 4.98 Å². The Bertz CT molecular complexity index is 693. The third-order valence-corrected chi connectivity index (χ3v) is 4.63. The van der Waals surface area contributed by atoms with E-state index >= 15 is 0 Å². The molecule has 0 bridgehead atoms. The van der Waals surface area contributed by atoms with Crippen molar-refractivity contribution in [2.45, 2.75) is 17.2 Å². The van der Waals surface area contributed by atoms with Gasteiger partial charge in [-0.3, -0.25) is 0 Å². The average molecular weight is 315 g/mol. The van der Waals surface area contributed by atoms with Crippen LogP contribution in [0.1, 0.15) is 11.1 Å². The molecule has 4 heteroatoms. The summed E-state index contributed by atoms with van der Waals surface area (Å²) in [5.74, 6) is 0.943. The number of nitrogens with zero attached hydrogens (tertiary/aromatic N) is 2. The van der Waals surface area contributed by atoms with E-state index in [2.05, 4.69) is 45.9 Å². The molecule has 2 nitrogen and oxygen atoms in total. The van der Waals surface area contributed by atoms with Crippen LogP contribution in [0, 0.1) is 0 Å². The molecule has 0 fully saturated rings. The zero-order chi connectivity index (χ0) is 14.5. The molecule has 1 aromatic heterocycles. The first-order chi connectivity index (χ1) is 10.3. The number of benzene rings is 2. The van der Waals surface area contributed by atoms with E-state index in [1.807, 2.05) is 42.6 Å². The van der Waals surface area contributed by atoms with Crippen molar-refractivity contribution in [1.82, 2.24) is 9.55 Å². The molecule has 0 unspecified atom stereocenters. The highest BCUT2D eigenvalue weighted by Crippen LogP contribution is 2.27. The monoisotopic (exact) mass is 314 g/mol. The molecule has 3 rings (SSSR count). The lowest BCUT2D eigenvalue weighted by molar-refractivity contribution is 0.784. The van der Waals surface area contributed by atoms with Gasteiger partial charge in [0.05, 0.1) is 6.33 Å². The van der Waals surface area contributed by atoms with Crippen molar-refractivity contribution in [3.05, 3.63) is 83.4 Å². The van der Waals surface area contributed by atoms with E-state index in [0.29, 0.717) is 0 Å². The maximum absolute atomic E-state index is 5.92. The second-order valence-electron chi connectivity index (χ2n) is 4.76. The number of thioether (sulfide) groups is 1. The highest BCUT2D eigenvalue weighted by molar-refractivity contribution is 7.98. The van der Waals surface area contributed by atoms with Crippen LogP contribution >= 0.6 is 23.4 Å². The van der Waals surface area contributed by atoms with Crippen LogP contribution in [-0.4, -0.2) is 9.55 Å². The predicted octanol–water partition coefficient (Wildman–Crippen LogP) is 4.88. The van der Waals surface area contributed by atoms with Gasteiger partial charge in [-0.2, -0.15) is 0 Å². The van der Waals surface area contributed by atoms with Crippen LogP contribution in [0.25, 0.3) is 0 Å². The van der Waals surface area contributed by atoms with Gasteiger partial charge >= 0.3 is 0 Å². The summed E-state index contributed by atoms with van der Waals surface area (Å²) in [5.41, 5.74) is 2.59. The summed E-state index contributed by atoms with van der Waals surface area (Å²) in [5, 5.41) is 0.782. The van der Waals surface area contributed by atoms with Gasteiger partial charge in [-0.1, -0.05) is 41.9 Å². The molecule has 21 heavy (non-hydrogen) atoms. The Hall–Kier alpha value is -1.71. The predicted molar refractivity (Wildman–Crippen MR) is 88.8 cm³/mol. The van der Waals surface area contributed by atoms with E-state index < -0.39 is 0 Å². The lowest BCUT2D eigenvalue weighted by Crippen LogP contribution is -1.98. The smallest absolute Gasteiger partial charge is 0.0949 e. The summed E-state index contributed by atoms with van der Waals surface area (Å²) in [7, 11) is 0. The Morgan fingerprint density at radius 3 is 2.62 bits per heavy atom. The number of halogens is 1. The van der Waals surface area contributed by atoms with E-state index in [1.165, 1.54) is 16.0 Å². The highest BCUT2D eigenvalue weighted by Gasteiger charge is 2.04. The molecule has 0 atom stereocenters. The van der Waals surface area contributed by atoms with Gasteiger partial charge in [-0.05, 0) is 29.3 Å². The van der Waals surface area contributed by atoms with Crippen molar-refractivity contribution in [3.8, 4) is 0 Å². The third-order valence-electron chi connectivity index (χ3n) is 3.19. The van der Waals surface area contributed by atoms with Crippen LogP contribution in [0.2, 0.25) is 5.02 Å². The normalized spacial score (nSPS) is 10.7. The van der Waals surface area contributed by atoms with Gasteiger partial charge in [0.25, 0.3) is 0 Å². The Kier molecular flexibility index (Phi) is 4.63. The first-order valence-electron chi connectivity index (χ1n) is 6.72. The van der Waals surface area contributed by atoms with Gasteiger partial charge < -0.3 is 4.57 Å². The second kappa shape index (κ2) is 6.83. The molecule has 0 aliphatic heterocycles. The van der Waals surface area contributed by atoms with Crippen molar-refractivity contribution >= 4 is 23.4 Å². The zero-order valence-electron chi connectivity index (χ0n) is 11.4. The van der Waals surface area contributed by atoms with E-state index in [0.717, 1.165) is 17.3 Å². The van der Waals surface area contributed by atoms with Crippen molar-refractivity contribution < 1.29 is 0 Å². The van der Waals surface area contributed by atoms with Gasteiger partial charge in [-0.15, -0.1) is 11.8 Å². The van der Waals surface area contributed by atoms with E-state index in [9.17, 15) is 0 Å². The molecule has 0 saturated carbocycles. The lowest BCUT2D eigenvalue weighted by atomic mass is 10.2. The second-order valence-corrected chi connectivity index (χ2v) is 6.21. The van der Waals surface area contributed by atoms with Gasteiger partial charge in [0, 0.05) is 34.6 Å². The summed E-state index contributed by atoms with van der Waals surface area (Å²) >= 11 is 7.77. The molecule has 1 heterocycles. The maximum Gasteiger partial charge on any atom is 0.0949 e. The van der Waals surface area contributed by atoms with Crippen LogP contribution < -0.4 is 0 Å². The molecule has 0 saturated heterocycles. The third kappa shape index (κ3) is 3.90. The Labute approximate surface area is 133 Å². The largest absolute Gasteiger partial charge is 0.333 e. The van der Waals surface area contributed by atoms with Gasteiger partial charge in [0.1, 0.15) is 0 Å². The molecule has 0 radical (unpaired) electrons. The number of hydrogen-bond donors (Lipinski definition) is 0. The summed E-state index contributed by atoms with van der Waals surface area (Å²) < 4.78 is 2.09. The quantitative estimate of drug-likeness (QED) is 0.625. The first kappa shape index (κ1) is 14.2. The molecule has 0 aliphatic rings. The SMILES string of the molecule is Clc1ccc(CSc2ccccc2Cn2ccnc2)cc1. The molecule has 2 aromatic carbocycles. The molecule has 106 valence electrons. The van der Waals surface area contributed by atoms with Crippen LogP contribution in [0.3, 0.4) is 0 Å². The van der Waals surface area contributed by atoms with Crippen molar-refractivity contribution in [2.24, 2.45) is 0 Å². The molecular formula is C17H15ClN2S.